The average Bonchev–Trinajstić information content (AvgIpc) is 2.60. The minimum Gasteiger partial charge on any atom is -0.469 e. The zero-order valence-electron chi connectivity index (χ0n) is 10.5. The van der Waals surface area contributed by atoms with Crippen LogP contribution in [0.4, 0.5) is 0 Å². The Hall–Kier alpha value is -1.29. The van der Waals surface area contributed by atoms with E-state index in [9.17, 15) is 4.79 Å². The van der Waals surface area contributed by atoms with E-state index in [0.717, 1.165) is 32.4 Å². The molecule has 94 valence electrons. The molecule has 1 saturated heterocycles. The van der Waals surface area contributed by atoms with Crippen LogP contribution in [0.3, 0.4) is 0 Å². The van der Waals surface area contributed by atoms with Gasteiger partial charge in [-0.25, -0.2) is 0 Å². The predicted molar refractivity (Wildman–Crippen MR) is 66.0 cm³/mol. The highest BCUT2D eigenvalue weighted by Gasteiger charge is 2.23. The molecule has 1 fully saturated rings. The van der Waals surface area contributed by atoms with Crippen LogP contribution in [-0.4, -0.2) is 37.0 Å². The van der Waals surface area contributed by atoms with Crippen molar-refractivity contribution in [3.05, 3.63) is 23.7 Å². The summed E-state index contributed by atoms with van der Waals surface area (Å²) in [5.41, 5.74) is 0.685. The van der Waals surface area contributed by atoms with Gasteiger partial charge in [0.25, 0.3) is 5.91 Å². The molecule has 1 aromatic heterocycles. The summed E-state index contributed by atoms with van der Waals surface area (Å²) in [5.74, 6) is 0.775. The SMILES string of the molecule is Cc1occc1C(=O)N(C)C1CCCNCC1. The molecule has 0 bridgehead atoms. The normalized spacial score (nSPS) is 20.9. The molecule has 0 spiro atoms. The maximum absolute atomic E-state index is 12.3. The molecule has 2 rings (SSSR count). The molecule has 1 atom stereocenters. The van der Waals surface area contributed by atoms with Crippen molar-refractivity contribution < 1.29 is 9.21 Å². The molecule has 1 aliphatic rings. The van der Waals surface area contributed by atoms with E-state index in [-0.39, 0.29) is 5.91 Å². The summed E-state index contributed by atoms with van der Waals surface area (Å²) in [7, 11) is 1.89. The van der Waals surface area contributed by atoms with Crippen LogP contribution in [-0.2, 0) is 0 Å². The van der Waals surface area contributed by atoms with Gasteiger partial charge < -0.3 is 14.6 Å². The highest BCUT2D eigenvalue weighted by atomic mass is 16.3. The van der Waals surface area contributed by atoms with Gasteiger partial charge in [-0.05, 0) is 45.3 Å². The summed E-state index contributed by atoms with van der Waals surface area (Å²) in [4.78, 5) is 14.1. The minimum absolute atomic E-state index is 0.0724. The molecule has 1 N–H and O–H groups in total. The number of aryl methyl sites for hydroxylation is 1. The number of carbonyl (C=O) groups excluding carboxylic acids is 1. The Morgan fingerprint density at radius 1 is 1.47 bits per heavy atom. The molecular weight excluding hydrogens is 216 g/mol. The fraction of sp³-hybridized carbons (Fsp3) is 0.615. The summed E-state index contributed by atoms with van der Waals surface area (Å²) in [6, 6.07) is 2.09. The maximum atomic E-state index is 12.3. The van der Waals surface area contributed by atoms with E-state index in [1.165, 1.54) is 0 Å². The first-order valence-electron chi connectivity index (χ1n) is 6.22. The zero-order valence-corrected chi connectivity index (χ0v) is 10.5. The second-order valence-corrected chi connectivity index (χ2v) is 4.64. The van der Waals surface area contributed by atoms with Gasteiger partial charge in [0.1, 0.15) is 5.76 Å². The van der Waals surface area contributed by atoms with Crippen LogP contribution in [0.2, 0.25) is 0 Å². The highest BCUT2D eigenvalue weighted by Crippen LogP contribution is 2.17. The fourth-order valence-corrected chi connectivity index (χ4v) is 2.35. The van der Waals surface area contributed by atoms with Gasteiger partial charge in [0.05, 0.1) is 11.8 Å². The van der Waals surface area contributed by atoms with Crippen molar-refractivity contribution in [2.75, 3.05) is 20.1 Å². The Kier molecular flexibility index (Phi) is 3.84. The van der Waals surface area contributed by atoms with E-state index in [1.807, 2.05) is 18.9 Å². The van der Waals surface area contributed by atoms with Gasteiger partial charge in [-0.1, -0.05) is 0 Å². The molecule has 17 heavy (non-hydrogen) atoms. The van der Waals surface area contributed by atoms with E-state index in [2.05, 4.69) is 5.32 Å². The third-order valence-corrected chi connectivity index (χ3v) is 3.50. The van der Waals surface area contributed by atoms with Gasteiger partial charge in [0.15, 0.2) is 0 Å². The molecule has 0 aromatic carbocycles. The number of hydrogen-bond acceptors (Lipinski definition) is 3. The molecule has 1 aromatic rings. The Morgan fingerprint density at radius 3 is 3.00 bits per heavy atom. The van der Waals surface area contributed by atoms with E-state index in [0.29, 0.717) is 17.4 Å². The molecule has 1 amide bonds. The standard InChI is InChI=1S/C13H20N2O2/c1-10-12(6-9-17-10)13(16)15(2)11-4-3-7-14-8-5-11/h6,9,11,14H,3-5,7-8H2,1-2H3. The molecule has 1 aliphatic heterocycles. The predicted octanol–water partition coefficient (Wildman–Crippen LogP) is 1.80. The molecular formula is C13H20N2O2. The first-order chi connectivity index (χ1) is 8.20. The summed E-state index contributed by atoms with van der Waals surface area (Å²) >= 11 is 0. The topological polar surface area (TPSA) is 45.5 Å². The summed E-state index contributed by atoms with van der Waals surface area (Å²) in [5, 5.41) is 3.36. The zero-order chi connectivity index (χ0) is 12.3. The third-order valence-electron chi connectivity index (χ3n) is 3.50. The van der Waals surface area contributed by atoms with Crippen molar-refractivity contribution in [3.8, 4) is 0 Å². The lowest BCUT2D eigenvalue weighted by Gasteiger charge is -2.26. The number of nitrogens with one attached hydrogen (secondary N) is 1. The quantitative estimate of drug-likeness (QED) is 0.851. The Balaban J connectivity index is 2.06. The van der Waals surface area contributed by atoms with Crippen LogP contribution in [0.1, 0.15) is 35.4 Å². The fourth-order valence-electron chi connectivity index (χ4n) is 2.35. The Labute approximate surface area is 102 Å². The number of furan rings is 1. The van der Waals surface area contributed by atoms with Gasteiger partial charge in [0, 0.05) is 13.1 Å². The highest BCUT2D eigenvalue weighted by molar-refractivity contribution is 5.95. The van der Waals surface area contributed by atoms with Crippen molar-refractivity contribution in [3.63, 3.8) is 0 Å². The van der Waals surface area contributed by atoms with Crippen molar-refractivity contribution in [2.45, 2.75) is 32.2 Å². The van der Waals surface area contributed by atoms with Gasteiger partial charge in [-0.15, -0.1) is 0 Å². The van der Waals surface area contributed by atoms with E-state index in [4.69, 9.17) is 4.42 Å². The van der Waals surface area contributed by atoms with Gasteiger partial charge in [-0.3, -0.25) is 4.79 Å². The monoisotopic (exact) mass is 236 g/mol. The molecule has 2 heterocycles. The van der Waals surface area contributed by atoms with Crippen molar-refractivity contribution in [1.29, 1.82) is 0 Å². The number of rotatable bonds is 2. The van der Waals surface area contributed by atoms with Crippen LogP contribution < -0.4 is 5.32 Å². The molecule has 0 radical (unpaired) electrons. The number of hydrogen-bond donors (Lipinski definition) is 1. The van der Waals surface area contributed by atoms with E-state index < -0.39 is 0 Å². The molecule has 4 heteroatoms. The summed E-state index contributed by atoms with van der Waals surface area (Å²) in [6.07, 6.45) is 4.81. The van der Waals surface area contributed by atoms with Gasteiger partial charge in [0.2, 0.25) is 0 Å². The van der Waals surface area contributed by atoms with Gasteiger partial charge >= 0.3 is 0 Å². The van der Waals surface area contributed by atoms with Crippen molar-refractivity contribution in [1.82, 2.24) is 10.2 Å². The Bertz CT molecular complexity index is 379. The lowest BCUT2D eigenvalue weighted by Crippen LogP contribution is -2.37. The lowest BCUT2D eigenvalue weighted by molar-refractivity contribution is 0.0718. The summed E-state index contributed by atoms with van der Waals surface area (Å²) in [6.45, 7) is 3.88. The summed E-state index contributed by atoms with van der Waals surface area (Å²) < 4.78 is 5.19. The van der Waals surface area contributed by atoms with Crippen LogP contribution in [0.15, 0.2) is 16.7 Å². The third kappa shape index (κ3) is 2.69. The Morgan fingerprint density at radius 2 is 2.29 bits per heavy atom. The van der Waals surface area contributed by atoms with E-state index >= 15 is 0 Å². The van der Waals surface area contributed by atoms with E-state index in [1.54, 1.807) is 12.3 Å². The van der Waals surface area contributed by atoms with Crippen molar-refractivity contribution >= 4 is 5.91 Å². The molecule has 1 unspecified atom stereocenters. The van der Waals surface area contributed by atoms with Crippen LogP contribution in [0.25, 0.3) is 0 Å². The van der Waals surface area contributed by atoms with Crippen LogP contribution in [0.5, 0.6) is 0 Å². The van der Waals surface area contributed by atoms with Crippen LogP contribution in [0, 0.1) is 6.92 Å². The first kappa shape index (κ1) is 12.2. The molecule has 0 saturated carbocycles. The maximum Gasteiger partial charge on any atom is 0.257 e. The average molecular weight is 236 g/mol. The van der Waals surface area contributed by atoms with Crippen LogP contribution >= 0.6 is 0 Å². The lowest BCUT2D eigenvalue weighted by atomic mass is 10.1. The number of amides is 1. The van der Waals surface area contributed by atoms with Gasteiger partial charge in [-0.2, -0.15) is 0 Å². The largest absolute Gasteiger partial charge is 0.469 e. The second-order valence-electron chi connectivity index (χ2n) is 4.64. The first-order valence-corrected chi connectivity index (χ1v) is 6.22. The second kappa shape index (κ2) is 5.36. The number of nitrogens with zero attached hydrogens (tertiary/aromatic N) is 1. The molecule has 0 aliphatic carbocycles. The smallest absolute Gasteiger partial charge is 0.257 e. The minimum atomic E-state index is 0.0724. The van der Waals surface area contributed by atoms with Crippen molar-refractivity contribution in [2.24, 2.45) is 0 Å². The molecule has 4 nitrogen and oxygen atoms in total. The number of carbonyl (C=O) groups is 1.